The summed E-state index contributed by atoms with van der Waals surface area (Å²) in [5.74, 6) is -0.345. The van der Waals surface area contributed by atoms with Gasteiger partial charge in [0.25, 0.3) is 0 Å². The van der Waals surface area contributed by atoms with Crippen molar-refractivity contribution in [2.45, 2.75) is 32.2 Å². The first-order chi connectivity index (χ1) is 8.79. The van der Waals surface area contributed by atoms with E-state index in [0.29, 0.717) is 5.02 Å². The summed E-state index contributed by atoms with van der Waals surface area (Å²) in [6, 6.07) is 8.15. The number of hydrogen-bond donors (Lipinski definition) is 1. The van der Waals surface area contributed by atoms with Gasteiger partial charge in [-0.15, -0.1) is 11.3 Å². The molecule has 0 radical (unpaired) electrons. The topological polar surface area (TPSA) is 26.0 Å². The van der Waals surface area contributed by atoms with Crippen LogP contribution in [0, 0.1) is 5.82 Å². The lowest BCUT2D eigenvalue weighted by molar-refractivity contribution is 0.604. The Bertz CT molecular complexity index is 586. The van der Waals surface area contributed by atoms with E-state index in [1.807, 2.05) is 6.07 Å². The largest absolute Gasteiger partial charge is 0.320 e. The van der Waals surface area contributed by atoms with Crippen molar-refractivity contribution in [2.24, 2.45) is 5.73 Å². The summed E-state index contributed by atoms with van der Waals surface area (Å²) in [5.41, 5.74) is 7.09. The highest BCUT2D eigenvalue weighted by Gasteiger charge is 2.20. The van der Waals surface area contributed by atoms with Crippen LogP contribution in [0.25, 0.3) is 0 Å². The molecule has 0 fully saturated rings. The van der Waals surface area contributed by atoms with Gasteiger partial charge >= 0.3 is 0 Å². The third-order valence-corrected chi connectivity index (χ3v) is 4.89. The zero-order chi connectivity index (χ0) is 14.2. The summed E-state index contributed by atoms with van der Waals surface area (Å²) in [7, 11) is 0. The van der Waals surface area contributed by atoms with Gasteiger partial charge in [-0.2, -0.15) is 0 Å². The fraction of sp³-hybridized carbons (Fsp3) is 0.333. The van der Waals surface area contributed by atoms with Gasteiger partial charge in [0.05, 0.1) is 6.04 Å². The van der Waals surface area contributed by atoms with Crippen LogP contribution < -0.4 is 5.73 Å². The van der Waals surface area contributed by atoms with Crippen molar-refractivity contribution >= 4 is 22.9 Å². The zero-order valence-electron chi connectivity index (χ0n) is 11.2. The molecule has 2 aromatic rings. The van der Waals surface area contributed by atoms with Crippen LogP contribution in [0.1, 0.15) is 42.1 Å². The molecule has 1 heterocycles. The first-order valence-electron chi connectivity index (χ1n) is 6.10. The van der Waals surface area contributed by atoms with Crippen LogP contribution in [0.2, 0.25) is 5.02 Å². The molecule has 0 saturated carbocycles. The van der Waals surface area contributed by atoms with Gasteiger partial charge in [0.1, 0.15) is 5.82 Å². The second-order valence-corrected chi connectivity index (χ2v) is 7.12. The normalized spacial score (nSPS) is 13.6. The Kier molecular flexibility index (Phi) is 4.00. The highest BCUT2D eigenvalue weighted by atomic mass is 35.5. The average Bonchev–Trinajstić information content (AvgIpc) is 2.76. The summed E-state index contributed by atoms with van der Waals surface area (Å²) in [4.78, 5) is 2.31. The van der Waals surface area contributed by atoms with Gasteiger partial charge in [-0.3, -0.25) is 0 Å². The maximum absolute atomic E-state index is 13.1. The quantitative estimate of drug-likeness (QED) is 0.839. The van der Waals surface area contributed by atoms with Gasteiger partial charge in [0.15, 0.2) is 0 Å². The van der Waals surface area contributed by atoms with E-state index >= 15 is 0 Å². The van der Waals surface area contributed by atoms with Crippen LogP contribution in [0.3, 0.4) is 0 Å². The molecule has 1 atom stereocenters. The molecule has 0 aliphatic rings. The predicted octanol–water partition coefficient (Wildman–Crippen LogP) is 4.89. The molecule has 1 aromatic heterocycles. The molecule has 0 spiro atoms. The maximum atomic E-state index is 13.1. The van der Waals surface area contributed by atoms with E-state index < -0.39 is 0 Å². The summed E-state index contributed by atoms with van der Waals surface area (Å²) >= 11 is 7.73. The summed E-state index contributed by atoms with van der Waals surface area (Å²) in [6.07, 6.45) is 0. The molecule has 1 unspecified atom stereocenters. The molecule has 0 saturated heterocycles. The van der Waals surface area contributed by atoms with Crippen molar-refractivity contribution in [1.29, 1.82) is 0 Å². The van der Waals surface area contributed by atoms with Crippen LogP contribution in [-0.4, -0.2) is 0 Å². The molecule has 1 nitrogen and oxygen atoms in total. The van der Waals surface area contributed by atoms with Gasteiger partial charge in [0, 0.05) is 14.8 Å². The summed E-state index contributed by atoms with van der Waals surface area (Å²) < 4.78 is 13.1. The monoisotopic (exact) mass is 297 g/mol. The van der Waals surface area contributed by atoms with Gasteiger partial charge in [-0.25, -0.2) is 4.39 Å². The highest BCUT2D eigenvalue weighted by Crippen LogP contribution is 2.35. The van der Waals surface area contributed by atoms with Crippen molar-refractivity contribution in [1.82, 2.24) is 0 Å². The molecule has 19 heavy (non-hydrogen) atoms. The number of benzene rings is 1. The lowest BCUT2D eigenvalue weighted by atomic mass is 9.95. The predicted molar refractivity (Wildman–Crippen MR) is 80.5 cm³/mol. The van der Waals surface area contributed by atoms with Crippen molar-refractivity contribution < 1.29 is 4.39 Å². The number of nitrogens with two attached hydrogens (primary N) is 1. The van der Waals surface area contributed by atoms with Crippen LogP contribution in [0.4, 0.5) is 4.39 Å². The SMILES string of the molecule is CC(C)(C)c1ccc(C(N)c2ccc(F)cc2Cl)s1. The first-order valence-corrected chi connectivity index (χ1v) is 7.29. The molecule has 0 aliphatic heterocycles. The maximum Gasteiger partial charge on any atom is 0.124 e. The minimum Gasteiger partial charge on any atom is -0.320 e. The van der Waals surface area contributed by atoms with E-state index in [2.05, 4.69) is 26.8 Å². The molecule has 1 aromatic carbocycles. The molecule has 0 amide bonds. The molecule has 4 heteroatoms. The Morgan fingerprint density at radius 1 is 1.21 bits per heavy atom. The zero-order valence-corrected chi connectivity index (χ0v) is 12.8. The van der Waals surface area contributed by atoms with Crippen LogP contribution in [0.15, 0.2) is 30.3 Å². The Balaban J connectivity index is 2.34. The number of hydrogen-bond acceptors (Lipinski definition) is 2. The van der Waals surface area contributed by atoms with Gasteiger partial charge in [0.2, 0.25) is 0 Å². The average molecular weight is 298 g/mol. The van der Waals surface area contributed by atoms with Gasteiger partial charge < -0.3 is 5.73 Å². The lowest BCUT2D eigenvalue weighted by Crippen LogP contribution is -2.11. The standard InChI is InChI=1S/C15H17ClFNS/c1-15(2,3)13-7-6-12(19-13)14(18)10-5-4-9(17)8-11(10)16/h4-8,14H,18H2,1-3H3. The Labute approximate surface area is 122 Å². The van der Waals surface area contributed by atoms with Crippen LogP contribution in [0.5, 0.6) is 0 Å². The molecule has 2 rings (SSSR count). The Morgan fingerprint density at radius 3 is 2.42 bits per heavy atom. The second kappa shape index (κ2) is 5.23. The number of thiophene rings is 1. The van der Waals surface area contributed by atoms with E-state index in [1.54, 1.807) is 17.4 Å². The van der Waals surface area contributed by atoms with Crippen molar-refractivity contribution in [3.63, 3.8) is 0 Å². The van der Waals surface area contributed by atoms with E-state index in [9.17, 15) is 4.39 Å². The van der Waals surface area contributed by atoms with Crippen LogP contribution >= 0.6 is 22.9 Å². The van der Waals surface area contributed by atoms with Gasteiger partial charge in [-0.1, -0.05) is 38.4 Å². The molecule has 2 N–H and O–H groups in total. The minimum atomic E-state index is -0.345. The smallest absolute Gasteiger partial charge is 0.124 e. The fourth-order valence-electron chi connectivity index (χ4n) is 1.83. The highest BCUT2D eigenvalue weighted by molar-refractivity contribution is 7.12. The Morgan fingerprint density at radius 2 is 1.89 bits per heavy atom. The van der Waals surface area contributed by atoms with Crippen LogP contribution in [-0.2, 0) is 5.41 Å². The Hall–Kier alpha value is -0.900. The van der Waals surface area contributed by atoms with Crippen molar-refractivity contribution in [3.8, 4) is 0 Å². The third-order valence-electron chi connectivity index (χ3n) is 2.97. The third kappa shape index (κ3) is 3.16. The lowest BCUT2D eigenvalue weighted by Gasteiger charge is -2.16. The van der Waals surface area contributed by atoms with Crippen molar-refractivity contribution in [3.05, 3.63) is 56.5 Å². The second-order valence-electron chi connectivity index (χ2n) is 5.60. The molecule has 0 aliphatic carbocycles. The molecular formula is C15H17ClFNS. The van der Waals surface area contributed by atoms with E-state index in [0.717, 1.165) is 10.4 Å². The molecule has 0 bridgehead atoms. The van der Waals surface area contributed by atoms with Crippen molar-refractivity contribution in [2.75, 3.05) is 0 Å². The number of halogens is 2. The summed E-state index contributed by atoms with van der Waals surface area (Å²) in [5, 5.41) is 0.373. The molecular weight excluding hydrogens is 281 g/mol. The first kappa shape index (κ1) is 14.5. The van der Waals surface area contributed by atoms with E-state index in [4.69, 9.17) is 17.3 Å². The van der Waals surface area contributed by atoms with E-state index in [1.165, 1.54) is 17.0 Å². The fourth-order valence-corrected chi connectivity index (χ4v) is 3.20. The molecule has 102 valence electrons. The number of rotatable bonds is 2. The minimum absolute atomic E-state index is 0.106. The summed E-state index contributed by atoms with van der Waals surface area (Å²) in [6.45, 7) is 6.50. The van der Waals surface area contributed by atoms with Gasteiger partial charge in [-0.05, 0) is 35.2 Å². The van der Waals surface area contributed by atoms with E-state index in [-0.39, 0.29) is 17.3 Å².